The van der Waals surface area contributed by atoms with Crippen LogP contribution in [0.15, 0.2) is 6.20 Å². The zero-order valence-corrected chi connectivity index (χ0v) is 11.6. The maximum Gasteiger partial charge on any atom is 0.225 e. The van der Waals surface area contributed by atoms with Gasteiger partial charge in [-0.3, -0.25) is 0 Å². The number of anilines is 2. The van der Waals surface area contributed by atoms with Gasteiger partial charge in [0.05, 0.1) is 19.4 Å². The second-order valence-corrected chi connectivity index (χ2v) is 5.44. The van der Waals surface area contributed by atoms with Crippen LogP contribution in [0.5, 0.6) is 0 Å². The maximum absolute atomic E-state index is 13.9. The quantitative estimate of drug-likeness (QED) is 0.920. The summed E-state index contributed by atoms with van der Waals surface area (Å²) < 4.78 is 19.2. The van der Waals surface area contributed by atoms with Gasteiger partial charge in [-0.05, 0) is 12.8 Å². The van der Waals surface area contributed by atoms with Gasteiger partial charge >= 0.3 is 0 Å². The molecule has 2 heterocycles. The SMILES string of the molecule is Fc1cnc(NC2CCCCC2)nc1N1CCOCC1. The van der Waals surface area contributed by atoms with Crippen LogP contribution in [-0.4, -0.2) is 42.3 Å². The maximum atomic E-state index is 13.9. The number of hydrogen-bond donors (Lipinski definition) is 1. The molecule has 1 aromatic heterocycles. The minimum absolute atomic E-state index is 0.360. The van der Waals surface area contributed by atoms with Crippen molar-refractivity contribution < 1.29 is 9.13 Å². The van der Waals surface area contributed by atoms with Gasteiger partial charge in [-0.15, -0.1) is 0 Å². The molecule has 1 saturated heterocycles. The van der Waals surface area contributed by atoms with E-state index in [-0.39, 0.29) is 5.82 Å². The second kappa shape index (κ2) is 6.35. The van der Waals surface area contributed by atoms with Gasteiger partial charge in [0.1, 0.15) is 0 Å². The lowest BCUT2D eigenvalue weighted by atomic mass is 9.96. The van der Waals surface area contributed by atoms with Crippen molar-refractivity contribution in [1.82, 2.24) is 9.97 Å². The van der Waals surface area contributed by atoms with Crippen molar-refractivity contribution in [3.63, 3.8) is 0 Å². The third kappa shape index (κ3) is 3.17. The monoisotopic (exact) mass is 280 g/mol. The van der Waals surface area contributed by atoms with Gasteiger partial charge in [0.25, 0.3) is 0 Å². The Morgan fingerprint density at radius 2 is 1.95 bits per heavy atom. The Hall–Kier alpha value is -1.43. The number of rotatable bonds is 3. The highest BCUT2D eigenvalue weighted by molar-refractivity contribution is 5.44. The predicted molar refractivity (Wildman–Crippen MR) is 75.5 cm³/mol. The molecule has 0 spiro atoms. The summed E-state index contributed by atoms with van der Waals surface area (Å²) in [6.07, 6.45) is 7.36. The molecule has 1 saturated carbocycles. The van der Waals surface area contributed by atoms with Crippen LogP contribution in [0.25, 0.3) is 0 Å². The van der Waals surface area contributed by atoms with Crippen LogP contribution in [0.3, 0.4) is 0 Å². The van der Waals surface area contributed by atoms with E-state index in [2.05, 4.69) is 15.3 Å². The molecular formula is C14H21FN4O. The molecule has 20 heavy (non-hydrogen) atoms. The fourth-order valence-electron chi connectivity index (χ4n) is 2.85. The molecule has 0 atom stereocenters. The van der Waals surface area contributed by atoms with Crippen molar-refractivity contribution in [1.29, 1.82) is 0 Å². The predicted octanol–water partition coefficient (Wildman–Crippen LogP) is 2.20. The zero-order valence-electron chi connectivity index (χ0n) is 11.6. The number of ether oxygens (including phenoxy) is 1. The van der Waals surface area contributed by atoms with Gasteiger partial charge in [-0.2, -0.15) is 4.98 Å². The van der Waals surface area contributed by atoms with Crippen LogP contribution in [0.1, 0.15) is 32.1 Å². The first-order valence-corrected chi connectivity index (χ1v) is 7.45. The highest BCUT2D eigenvalue weighted by atomic mass is 19.1. The first-order chi connectivity index (χ1) is 9.83. The normalized spacial score (nSPS) is 20.9. The van der Waals surface area contributed by atoms with E-state index in [1.165, 1.54) is 25.5 Å². The Morgan fingerprint density at radius 3 is 2.70 bits per heavy atom. The Bertz CT molecular complexity index is 445. The number of morpholine rings is 1. The highest BCUT2D eigenvalue weighted by Gasteiger charge is 2.19. The van der Waals surface area contributed by atoms with Crippen molar-refractivity contribution in [2.75, 3.05) is 36.5 Å². The van der Waals surface area contributed by atoms with Crippen molar-refractivity contribution in [3.05, 3.63) is 12.0 Å². The lowest BCUT2D eigenvalue weighted by Gasteiger charge is -2.28. The molecule has 0 radical (unpaired) electrons. The molecule has 0 aromatic carbocycles. The van der Waals surface area contributed by atoms with Gasteiger partial charge in [-0.1, -0.05) is 19.3 Å². The topological polar surface area (TPSA) is 50.3 Å². The van der Waals surface area contributed by atoms with Crippen LogP contribution in [0, 0.1) is 5.82 Å². The first-order valence-electron chi connectivity index (χ1n) is 7.45. The Balaban J connectivity index is 1.71. The molecule has 1 N–H and O–H groups in total. The van der Waals surface area contributed by atoms with E-state index in [9.17, 15) is 4.39 Å². The van der Waals surface area contributed by atoms with Gasteiger partial charge < -0.3 is 15.0 Å². The molecule has 0 amide bonds. The summed E-state index contributed by atoms with van der Waals surface area (Å²) in [5.74, 6) is 0.572. The van der Waals surface area contributed by atoms with Crippen LogP contribution in [-0.2, 0) is 4.74 Å². The summed E-state index contributed by atoms with van der Waals surface area (Å²) in [6.45, 7) is 2.59. The van der Waals surface area contributed by atoms with Crippen molar-refractivity contribution in [2.45, 2.75) is 38.1 Å². The van der Waals surface area contributed by atoms with Crippen LogP contribution < -0.4 is 10.2 Å². The van der Waals surface area contributed by atoms with Crippen LogP contribution in [0.4, 0.5) is 16.2 Å². The van der Waals surface area contributed by atoms with Gasteiger partial charge in [0.15, 0.2) is 11.6 Å². The van der Waals surface area contributed by atoms with Crippen LogP contribution >= 0.6 is 0 Å². The third-order valence-corrected chi connectivity index (χ3v) is 3.97. The van der Waals surface area contributed by atoms with Crippen molar-refractivity contribution >= 4 is 11.8 Å². The summed E-state index contributed by atoms with van der Waals surface area (Å²) in [5.41, 5.74) is 0. The molecule has 1 aromatic rings. The zero-order chi connectivity index (χ0) is 13.8. The van der Waals surface area contributed by atoms with E-state index < -0.39 is 0 Å². The van der Waals surface area contributed by atoms with E-state index in [0.29, 0.717) is 44.1 Å². The van der Waals surface area contributed by atoms with Gasteiger partial charge in [0, 0.05) is 19.1 Å². The van der Waals surface area contributed by atoms with E-state index in [4.69, 9.17) is 4.74 Å². The molecule has 1 aliphatic heterocycles. The van der Waals surface area contributed by atoms with Crippen molar-refractivity contribution in [3.8, 4) is 0 Å². The summed E-state index contributed by atoms with van der Waals surface area (Å²) in [6, 6.07) is 0.423. The van der Waals surface area contributed by atoms with E-state index in [0.717, 1.165) is 12.8 Å². The summed E-state index contributed by atoms with van der Waals surface area (Å²) in [5, 5.41) is 3.34. The molecule has 2 aliphatic rings. The minimum Gasteiger partial charge on any atom is -0.378 e. The molecule has 3 rings (SSSR count). The fourth-order valence-corrected chi connectivity index (χ4v) is 2.85. The number of hydrogen-bond acceptors (Lipinski definition) is 5. The largest absolute Gasteiger partial charge is 0.378 e. The molecule has 0 bridgehead atoms. The summed E-state index contributed by atoms with van der Waals surface area (Å²) in [7, 11) is 0. The van der Waals surface area contributed by atoms with Gasteiger partial charge in [0.2, 0.25) is 5.95 Å². The Labute approximate surface area is 118 Å². The van der Waals surface area contributed by atoms with E-state index >= 15 is 0 Å². The van der Waals surface area contributed by atoms with Crippen molar-refractivity contribution in [2.24, 2.45) is 0 Å². The average Bonchev–Trinajstić information content (AvgIpc) is 2.51. The standard InChI is InChI=1S/C14H21FN4O/c15-12-10-16-14(17-11-4-2-1-3-5-11)18-13(12)19-6-8-20-9-7-19/h10-11H,1-9H2,(H,16,17,18). The Morgan fingerprint density at radius 1 is 1.20 bits per heavy atom. The molecule has 6 heteroatoms. The Kier molecular flexibility index (Phi) is 4.30. The number of halogens is 1. The lowest BCUT2D eigenvalue weighted by Crippen LogP contribution is -2.37. The average molecular weight is 280 g/mol. The second-order valence-electron chi connectivity index (χ2n) is 5.44. The molecule has 0 unspecified atom stereocenters. The smallest absolute Gasteiger partial charge is 0.225 e. The number of nitrogens with zero attached hydrogens (tertiary/aromatic N) is 3. The van der Waals surface area contributed by atoms with Crippen LogP contribution in [0.2, 0.25) is 0 Å². The molecule has 110 valence electrons. The molecule has 5 nitrogen and oxygen atoms in total. The highest BCUT2D eigenvalue weighted by Crippen LogP contribution is 2.22. The summed E-state index contributed by atoms with van der Waals surface area (Å²) in [4.78, 5) is 10.4. The lowest BCUT2D eigenvalue weighted by molar-refractivity contribution is 0.122. The number of aromatic nitrogens is 2. The molecule has 2 fully saturated rings. The van der Waals surface area contributed by atoms with E-state index in [1.807, 2.05) is 4.90 Å². The molecule has 1 aliphatic carbocycles. The minimum atomic E-state index is -0.360. The summed E-state index contributed by atoms with van der Waals surface area (Å²) >= 11 is 0. The third-order valence-electron chi connectivity index (χ3n) is 3.97. The van der Waals surface area contributed by atoms with Gasteiger partial charge in [-0.25, -0.2) is 9.37 Å². The number of nitrogens with one attached hydrogen (secondary N) is 1. The van der Waals surface area contributed by atoms with E-state index in [1.54, 1.807) is 0 Å². The molecular weight excluding hydrogens is 259 g/mol. The first kappa shape index (κ1) is 13.5. The fraction of sp³-hybridized carbons (Fsp3) is 0.714.